The monoisotopic (exact) mass is 308 g/mol. The zero-order valence-electron chi connectivity index (χ0n) is 13.2. The fraction of sp³-hybridized carbons (Fsp3) is 0.500. The first-order valence-corrected chi connectivity index (χ1v) is 7.36. The molecule has 0 aliphatic rings. The van der Waals surface area contributed by atoms with Crippen molar-refractivity contribution in [2.75, 3.05) is 20.2 Å². The van der Waals surface area contributed by atoms with Crippen LogP contribution in [0, 0.1) is 0 Å². The molecule has 0 saturated carbocycles. The number of amides is 1. The quantitative estimate of drug-likeness (QED) is 0.820. The second-order valence-corrected chi connectivity index (χ2v) is 6.62. The summed E-state index contributed by atoms with van der Waals surface area (Å²) in [4.78, 5) is 13.9. The first-order valence-electron chi connectivity index (χ1n) is 6.96. The number of ether oxygens (including phenoxy) is 1. The summed E-state index contributed by atoms with van der Waals surface area (Å²) in [5.74, 6) is 0.602. The highest BCUT2D eigenvalue weighted by molar-refractivity contribution is 7.80. The lowest BCUT2D eigenvalue weighted by atomic mass is 9.87. The lowest BCUT2D eigenvalue weighted by Crippen LogP contribution is -2.33. The molecule has 0 aliphatic carbocycles. The van der Waals surface area contributed by atoms with Crippen molar-refractivity contribution in [2.45, 2.75) is 32.6 Å². The number of likely N-dealkylation sites (N-methyl/N-ethyl adjacent to an activating group) is 1. The molecular formula is C16H24N2O2S. The van der Waals surface area contributed by atoms with E-state index in [0.29, 0.717) is 23.7 Å². The van der Waals surface area contributed by atoms with Crippen LogP contribution in [0.2, 0.25) is 0 Å². The minimum Gasteiger partial charge on any atom is -0.484 e. The van der Waals surface area contributed by atoms with Crippen molar-refractivity contribution >= 4 is 23.1 Å². The Kier molecular flexibility index (Phi) is 6.15. The van der Waals surface area contributed by atoms with Crippen LogP contribution >= 0.6 is 12.2 Å². The Morgan fingerprint density at radius 1 is 1.29 bits per heavy atom. The highest BCUT2D eigenvalue weighted by Gasteiger charge is 2.14. The average Bonchev–Trinajstić information content (AvgIpc) is 2.41. The van der Waals surface area contributed by atoms with E-state index in [1.807, 2.05) is 24.3 Å². The third-order valence-electron chi connectivity index (χ3n) is 3.20. The minimum atomic E-state index is -0.0915. The van der Waals surface area contributed by atoms with E-state index in [0.717, 1.165) is 0 Å². The second kappa shape index (κ2) is 7.41. The molecule has 0 unspecified atom stereocenters. The molecule has 1 rings (SSSR count). The average molecular weight is 308 g/mol. The Bertz CT molecular complexity index is 492. The molecule has 0 saturated heterocycles. The summed E-state index contributed by atoms with van der Waals surface area (Å²) < 4.78 is 5.51. The van der Waals surface area contributed by atoms with Crippen LogP contribution in [0.5, 0.6) is 5.75 Å². The van der Waals surface area contributed by atoms with Gasteiger partial charge in [-0.1, -0.05) is 45.1 Å². The van der Waals surface area contributed by atoms with Crippen molar-refractivity contribution in [3.8, 4) is 5.75 Å². The van der Waals surface area contributed by atoms with Gasteiger partial charge in [0.15, 0.2) is 6.61 Å². The number of nitrogens with two attached hydrogens (primary N) is 1. The third-order valence-corrected chi connectivity index (χ3v) is 3.41. The molecule has 0 spiro atoms. The Morgan fingerprint density at radius 3 is 2.33 bits per heavy atom. The zero-order valence-corrected chi connectivity index (χ0v) is 14.0. The minimum absolute atomic E-state index is 0.0166. The summed E-state index contributed by atoms with van der Waals surface area (Å²) in [5, 5.41) is 0. The van der Waals surface area contributed by atoms with E-state index in [4.69, 9.17) is 22.7 Å². The van der Waals surface area contributed by atoms with Crippen LogP contribution in [0.4, 0.5) is 0 Å². The maximum Gasteiger partial charge on any atom is 0.260 e. The van der Waals surface area contributed by atoms with Crippen LogP contribution in [-0.2, 0) is 10.2 Å². The number of carbonyl (C=O) groups excluding carboxylic acids is 1. The molecule has 1 aromatic carbocycles. The van der Waals surface area contributed by atoms with Gasteiger partial charge < -0.3 is 15.4 Å². The van der Waals surface area contributed by atoms with Gasteiger partial charge in [-0.25, -0.2) is 0 Å². The van der Waals surface area contributed by atoms with Gasteiger partial charge in [-0.3, -0.25) is 4.79 Å². The van der Waals surface area contributed by atoms with E-state index >= 15 is 0 Å². The third kappa shape index (κ3) is 6.12. The molecule has 0 atom stereocenters. The van der Waals surface area contributed by atoms with E-state index in [1.165, 1.54) is 5.56 Å². The number of hydrogen-bond donors (Lipinski definition) is 1. The second-order valence-electron chi connectivity index (χ2n) is 6.09. The molecule has 21 heavy (non-hydrogen) atoms. The fourth-order valence-electron chi connectivity index (χ4n) is 1.71. The normalized spacial score (nSPS) is 11.0. The smallest absolute Gasteiger partial charge is 0.260 e. The van der Waals surface area contributed by atoms with Crippen LogP contribution in [0.15, 0.2) is 24.3 Å². The van der Waals surface area contributed by atoms with Crippen molar-refractivity contribution in [1.29, 1.82) is 0 Å². The molecule has 1 amide bonds. The van der Waals surface area contributed by atoms with Gasteiger partial charge in [0.1, 0.15) is 5.75 Å². The molecule has 0 heterocycles. The van der Waals surface area contributed by atoms with E-state index in [9.17, 15) is 4.79 Å². The SMILES string of the molecule is CN(CCC(N)=S)C(=O)COc1ccc(C(C)(C)C)cc1. The molecule has 1 aromatic rings. The fourth-order valence-corrected chi connectivity index (χ4v) is 1.80. The van der Waals surface area contributed by atoms with Gasteiger partial charge in [0.25, 0.3) is 5.91 Å². The molecule has 0 aliphatic heterocycles. The van der Waals surface area contributed by atoms with E-state index < -0.39 is 0 Å². The zero-order chi connectivity index (χ0) is 16.0. The van der Waals surface area contributed by atoms with E-state index in [1.54, 1.807) is 11.9 Å². The van der Waals surface area contributed by atoms with Crippen LogP contribution in [0.3, 0.4) is 0 Å². The summed E-state index contributed by atoms with van der Waals surface area (Å²) in [6.07, 6.45) is 0.526. The predicted octanol–water partition coefficient (Wildman–Crippen LogP) is 2.50. The summed E-state index contributed by atoms with van der Waals surface area (Å²) in [6, 6.07) is 7.83. The lowest BCUT2D eigenvalue weighted by molar-refractivity contribution is -0.131. The number of thiocarbonyl (C=S) groups is 1. The Hall–Kier alpha value is -1.62. The van der Waals surface area contributed by atoms with Gasteiger partial charge in [0, 0.05) is 20.0 Å². The summed E-state index contributed by atoms with van der Waals surface area (Å²) >= 11 is 4.79. The lowest BCUT2D eigenvalue weighted by Gasteiger charge is -2.20. The summed E-state index contributed by atoms with van der Waals surface area (Å²) in [5.41, 5.74) is 6.75. The maximum atomic E-state index is 11.9. The molecule has 4 nitrogen and oxygen atoms in total. The predicted molar refractivity (Wildman–Crippen MR) is 89.7 cm³/mol. The summed E-state index contributed by atoms with van der Waals surface area (Å²) in [6.45, 7) is 7.00. The van der Waals surface area contributed by atoms with Gasteiger partial charge in [0.2, 0.25) is 0 Å². The van der Waals surface area contributed by atoms with E-state index in [-0.39, 0.29) is 17.9 Å². The molecule has 0 bridgehead atoms. The molecule has 116 valence electrons. The number of nitrogens with zero attached hydrogens (tertiary/aromatic N) is 1. The van der Waals surface area contributed by atoms with Gasteiger partial charge in [-0.2, -0.15) is 0 Å². The van der Waals surface area contributed by atoms with Crippen LogP contribution in [-0.4, -0.2) is 36.0 Å². The largest absolute Gasteiger partial charge is 0.484 e. The number of rotatable bonds is 6. The van der Waals surface area contributed by atoms with Crippen molar-refractivity contribution in [1.82, 2.24) is 4.90 Å². The Labute approximate surface area is 132 Å². The van der Waals surface area contributed by atoms with Crippen LogP contribution < -0.4 is 10.5 Å². The molecule has 0 aromatic heterocycles. The molecule has 0 fully saturated rings. The van der Waals surface area contributed by atoms with Gasteiger partial charge in [-0.15, -0.1) is 0 Å². The van der Waals surface area contributed by atoms with Gasteiger partial charge >= 0.3 is 0 Å². The van der Waals surface area contributed by atoms with Gasteiger partial charge in [0.05, 0.1) is 4.99 Å². The van der Waals surface area contributed by atoms with Crippen molar-refractivity contribution in [2.24, 2.45) is 5.73 Å². The number of benzene rings is 1. The van der Waals surface area contributed by atoms with Crippen molar-refractivity contribution in [3.05, 3.63) is 29.8 Å². The highest BCUT2D eigenvalue weighted by atomic mass is 32.1. The van der Waals surface area contributed by atoms with Gasteiger partial charge in [-0.05, 0) is 23.1 Å². The Morgan fingerprint density at radius 2 is 1.86 bits per heavy atom. The highest BCUT2D eigenvalue weighted by Crippen LogP contribution is 2.24. The number of carbonyl (C=O) groups is 1. The first kappa shape index (κ1) is 17.4. The molecule has 0 radical (unpaired) electrons. The molecular weight excluding hydrogens is 284 g/mol. The summed E-state index contributed by atoms with van der Waals surface area (Å²) in [7, 11) is 1.71. The standard InChI is InChI=1S/C16H24N2O2S/c1-16(2,3)12-5-7-13(8-6-12)20-11-15(19)18(4)10-9-14(17)21/h5-8H,9-11H2,1-4H3,(H2,17,21). The topological polar surface area (TPSA) is 55.6 Å². The molecule has 5 heteroatoms. The first-order chi connectivity index (χ1) is 9.70. The van der Waals surface area contributed by atoms with Crippen LogP contribution in [0.1, 0.15) is 32.8 Å². The van der Waals surface area contributed by atoms with Crippen LogP contribution in [0.25, 0.3) is 0 Å². The molecule has 2 N–H and O–H groups in total. The number of hydrogen-bond acceptors (Lipinski definition) is 3. The van der Waals surface area contributed by atoms with Crippen molar-refractivity contribution < 1.29 is 9.53 Å². The Balaban J connectivity index is 2.48. The van der Waals surface area contributed by atoms with E-state index in [2.05, 4.69) is 20.8 Å². The van der Waals surface area contributed by atoms with Crippen molar-refractivity contribution in [3.63, 3.8) is 0 Å². The maximum absolute atomic E-state index is 11.9.